The van der Waals surface area contributed by atoms with E-state index in [2.05, 4.69) is 29.8 Å². The Balaban J connectivity index is 0. The van der Waals surface area contributed by atoms with Crippen molar-refractivity contribution in [3.05, 3.63) is 63.8 Å². The number of carboxylic acids is 1. The number of aryl methyl sites for hydroxylation is 1. The van der Waals surface area contributed by atoms with Crippen LogP contribution in [0.5, 0.6) is 11.5 Å². The van der Waals surface area contributed by atoms with Crippen molar-refractivity contribution in [1.82, 2.24) is 0 Å². The Labute approximate surface area is 254 Å². The number of anilines is 1. The van der Waals surface area contributed by atoms with Crippen molar-refractivity contribution >= 4 is 53.6 Å². The van der Waals surface area contributed by atoms with E-state index < -0.39 is 5.97 Å². The highest BCUT2D eigenvalue weighted by atomic mass is 35.5. The van der Waals surface area contributed by atoms with Crippen molar-refractivity contribution in [2.24, 2.45) is 10.9 Å². The maximum Gasteiger partial charge on any atom is 0.335 e. The van der Waals surface area contributed by atoms with E-state index in [1.807, 2.05) is 67.4 Å². The second-order valence-electron chi connectivity index (χ2n) is 8.75. The Morgan fingerprint density at radius 3 is 2.17 bits per heavy atom. The minimum atomic E-state index is -0.997. The zero-order valence-corrected chi connectivity index (χ0v) is 27.3. The Kier molecular flexibility index (Phi) is 21.8. The van der Waals surface area contributed by atoms with Gasteiger partial charge in [0.05, 0.1) is 23.4 Å². The van der Waals surface area contributed by atoms with Crippen LogP contribution < -0.4 is 14.4 Å². The van der Waals surface area contributed by atoms with Crippen molar-refractivity contribution in [1.29, 1.82) is 0 Å². The van der Waals surface area contributed by atoms with Crippen molar-refractivity contribution in [2.45, 2.75) is 55.1 Å². The smallest absolute Gasteiger partial charge is 0.335 e. The molecule has 228 valence electrons. The molecule has 0 saturated carbocycles. The average Bonchev–Trinajstić information content (AvgIpc) is 2.96. The highest BCUT2D eigenvalue weighted by molar-refractivity contribution is 8.14. The van der Waals surface area contributed by atoms with Crippen LogP contribution in [-0.4, -0.2) is 56.2 Å². The lowest BCUT2D eigenvalue weighted by atomic mass is 10.1. The molecule has 0 unspecified atom stereocenters. The number of carbonyl (C=O) groups excluding carboxylic acids is 2. The SMILES string of the molecule is C=O.C=O.CC.CC1=CCSC(C)=N1.COc1cc(C(=O)O)ccc1COc1cc(Cl)c(C)cc1N(C)CC(C)C. The number of rotatable bonds is 8. The third-order valence-electron chi connectivity index (χ3n) is 5.21. The van der Waals surface area contributed by atoms with Gasteiger partial charge in [0.25, 0.3) is 0 Å². The minimum absolute atomic E-state index is 0.173. The first-order chi connectivity index (χ1) is 19.5. The van der Waals surface area contributed by atoms with E-state index >= 15 is 0 Å². The molecule has 0 aromatic heterocycles. The normalized spacial score (nSPS) is 11.3. The van der Waals surface area contributed by atoms with E-state index in [4.69, 9.17) is 35.8 Å². The summed E-state index contributed by atoms with van der Waals surface area (Å²) >= 11 is 8.10. The van der Waals surface area contributed by atoms with Gasteiger partial charge in [-0.2, -0.15) is 0 Å². The largest absolute Gasteiger partial charge is 0.496 e. The maximum absolute atomic E-state index is 11.1. The molecule has 0 amide bonds. The Morgan fingerprint density at radius 1 is 1.10 bits per heavy atom. The van der Waals surface area contributed by atoms with E-state index in [0.29, 0.717) is 22.4 Å². The molecule has 0 fully saturated rings. The fourth-order valence-electron chi connectivity index (χ4n) is 3.47. The second kappa shape index (κ2) is 22.4. The van der Waals surface area contributed by atoms with E-state index in [1.165, 1.54) is 24.3 Å². The number of hydrogen-bond donors (Lipinski definition) is 1. The predicted molar refractivity (Wildman–Crippen MR) is 173 cm³/mol. The van der Waals surface area contributed by atoms with Crippen LogP contribution in [0.15, 0.2) is 47.1 Å². The fourth-order valence-corrected chi connectivity index (χ4v) is 4.40. The number of nitrogens with zero attached hydrogens (tertiary/aromatic N) is 2. The van der Waals surface area contributed by atoms with Crippen LogP contribution in [0.2, 0.25) is 5.02 Å². The Hall–Kier alpha value is -3.30. The monoisotopic (exact) mass is 608 g/mol. The summed E-state index contributed by atoms with van der Waals surface area (Å²) in [5.41, 5.74) is 4.04. The quantitative estimate of drug-likeness (QED) is 0.324. The van der Waals surface area contributed by atoms with E-state index in [0.717, 1.165) is 34.8 Å². The van der Waals surface area contributed by atoms with Gasteiger partial charge < -0.3 is 29.1 Å². The molecule has 0 bridgehead atoms. The van der Waals surface area contributed by atoms with Crippen LogP contribution in [0.1, 0.15) is 63.0 Å². The molecule has 3 rings (SSSR count). The maximum atomic E-state index is 11.1. The summed E-state index contributed by atoms with van der Waals surface area (Å²) in [6.45, 7) is 19.5. The van der Waals surface area contributed by atoms with Gasteiger partial charge in [-0.3, -0.25) is 4.99 Å². The van der Waals surface area contributed by atoms with Gasteiger partial charge >= 0.3 is 5.97 Å². The molecule has 10 heteroatoms. The topological polar surface area (TPSA) is 106 Å². The van der Waals surface area contributed by atoms with Crippen LogP contribution in [0.3, 0.4) is 0 Å². The highest BCUT2D eigenvalue weighted by Crippen LogP contribution is 2.35. The third-order valence-corrected chi connectivity index (χ3v) is 6.46. The van der Waals surface area contributed by atoms with E-state index in [1.54, 1.807) is 17.8 Å². The number of allylic oxidation sites excluding steroid dienone is 1. The molecule has 2 aromatic carbocycles. The van der Waals surface area contributed by atoms with E-state index in [9.17, 15) is 4.79 Å². The lowest BCUT2D eigenvalue weighted by Crippen LogP contribution is -2.23. The second-order valence-corrected chi connectivity index (χ2v) is 10.4. The number of carbonyl (C=O) groups is 3. The van der Waals surface area contributed by atoms with Crippen LogP contribution in [0.25, 0.3) is 0 Å². The van der Waals surface area contributed by atoms with Crippen molar-refractivity contribution in [3.63, 3.8) is 0 Å². The van der Waals surface area contributed by atoms with Crippen LogP contribution >= 0.6 is 23.4 Å². The summed E-state index contributed by atoms with van der Waals surface area (Å²) < 4.78 is 11.4. The number of benzene rings is 2. The lowest BCUT2D eigenvalue weighted by molar-refractivity contribution is -0.0987. The van der Waals surface area contributed by atoms with Crippen molar-refractivity contribution in [3.8, 4) is 11.5 Å². The number of methoxy groups -OCH3 is 1. The number of thioether (sulfide) groups is 1. The van der Waals surface area contributed by atoms with Gasteiger partial charge in [-0.15, -0.1) is 11.8 Å². The van der Waals surface area contributed by atoms with Gasteiger partial charge in [-0.25, -0.2) is 4.79 Å². The molecule has 1 aliphatic rings. The first-order valence-electron chi connectivity index (χ1n) is 13.0. The van der Waals surface area contributed by atoms with Gasteiger partial charge in [-0.05, 0) is 50.5 Å². The molecule has 8 nitrogen and oxygen atoms in total. The van der Waals surface area contributed by atoms with Gasteiger partial charge in [0.15, 0.2) is 0 Å². The molecule has 0 atom stereocenters. The Bertz CT molecular complexity index is 1140. The third kappa shape index (κ3) is 14.8. The summed E-state index contributed by atoms with van der Waals surface area (Å²) in [5.74, 6) is 1.76. The number of halogens is 1. The Morgan fingerprint density at radius 2 is 1.71 bits per heavy atom. The van der Waals surface area contributed by atoms with Gasteiger partial charge in [0, 0.05) is 41.7 Å². The molecule has 0 saturated heterocycles. The van der Waals surface area contributed by atoms with Gasteiger partial charge in [-0.1, -0.05) is 51.4 Å². The van der Waals surface area contributed by atoms with Crippen molar-refractivity contribution in [2.75, 3.05) is 31.4 Å². The number of hydrogen-bond acceptors (Lipinski definition) is 8. The molecule has 0 aliphatic carbocycles. The van der Waals surface area contributed by atoms with E-state index in [-0.39, 0.29) is 12.2 Å². The molecule has 41 heavy (non-hydrogen) atoms. The lowest BCUT2D eigenvalue weighted by Gasteiger charge is -2.25. The minimum Gasteiger partial charge on any atom is -0.496 e. The molecule has 1 aliphatic heterocycles. The summed E-state index contributed by atoms with van der Waals surface area (Å²) in [5, 5.41) is 10.9. The summed E-state index contributed by atoms with van der Waals surface area (Å²) in [7, 11) is 3.53. The van der Waals surface area contributed by atoms with Crippen LogP contribution in [0.4, 0.5) is 5.69 Å². The molecule has 0 radical (unpaired) electrons. The van der Waals surface area contributed by atoms with Crippen molar-refractivity contribution < 1.29 is 29.0 Å². The van der Waals surface area contributed by atoms with Gasteiger partial charge in [0.2, 0.25) is 0 Å². The standard InChI is InChI=1S/C21H26ClNO4.C6H9NS.C2H6.2CH2O/c1-13(2)11-23(4)18-8-14(3)17(22)10-20(18)27-12-16-7-6-15(21(24)25)9-19(16)26-5;1-5-3-4-8-6(2)7-5;3*1-2/h6-10,13H,11-12H2,1-5H3,(H,24,25);3H,4H2,1-2H3;1-2H3;2*1H2. The summed E-state index contributed by atoms with van der Waals surface area (Å²) in [4.78, 5) is 33.5. The highest BCUT2D eigenvalue weighted by Gasteiger charge is 2.15. The predicted octanol–water partition coefficient (Wildman–Crippen LogP) is 7.74. The molecular weight excluding hydrogens is 564 g/mol. The zero-order valence-electron chi connectivity index (χ0n) is 25.7. The number of carboxylic acid groups (broad SMARTS) is 1. The van der Waals surface area contributed by atoms with Crippen LogP contribution in [-0.2, 0) is 16.2 Å². The van der Waals surface area contributed by atoms with Crippen LogP contribution in [0, 0.1) is 12.8 Å². The molecule has 1 heterocycles. The number of aliphatic imine (C=N–C) groups is 1. The number of aromatic carboxylic acids is 1. The fraction of sp³-hybridized carbons (Fsp3) is 0.419. The first kappa shape index (κ1) is 39.8. The molecular formula is C31H45ClN2O6S. The molecule has 1 N–H and O–H groups in total. The number of ether oxygens (including phenoxy) is 2. The molecule has 0 spiro atoms. The summed E-state index contributed by atoms with van der Waals surface area (Å²) in [6, 6.07) is 8.58. The first-order valence-corrected chi connectivity index (χ1v) is 14.3. The van der Waals surface area contributed by atoms with Gasteiger partial charge in [0.1, 0.15) is 31.7 Å². The zero-order chi connectivity index (χ0) is 32.1. The average molecular weight is 609 g/mol. The summed E-state index contributed by atoms with van der Waals surface area (Å²) in [6.07, 6.45) is 2.14. The molecule has 2 aromatic rings.